The lowest BCUT2D eigenvalue weighted by atomic mass is 10.3. The van der Waals surface area contributed by atoms with Crippen molar-refractivity contribution in [3.63, 3.8) is 0 Å². The third-order valence-electron chi connectivity index (χ3n) is 2.94. The molecule has 1 heterocycles. The molecule has 0 bridgehead atoms. The predicted octanol–water partition coefficient (Wildman–Crippen LogP) is 2.55. The maximum Gasteiger partial charge on any atom is 0.251 e. The summed E-state index contributed by atoms with van der Waals surface area (Å²) in [6.07, 6.45) is 1.47. The highest BCUT2D eigenvalue weighted by atomic mass is 35.5. The Morgan fingerprint density at radius 1 is 1.20 bits per heavy atom. The van der Waals surface area contributed by atoms with Crippen LogP contribution in [0.2, 0.25) is 5.02 Å². The van der Waals surface area contributed by atoms with Gasteiger partial charge in [-0.25, -0.2) is 0 Å². The number of carbonyl (C=O) groups excluding carboxylic acids is 1. The molecule has 5 heteroatoms. The molecule has 0 spiro atoms. The fraction of sp³-hybridized carbons (Fsp3) is 0.200. The molecule has 0 saturated carbocycles. The molecule has 1 aromatic heterocycles. The first-order valence-electron chi connectivity index (χ1n) is 6.33. The van der Waals surface area contributed by atoms with Crippen molar-refractivity contribution in [2.24, 2.45) is 0 Å². The van der Waals surface area contributed by atoms with Gasteiger partial charge in [0.25, 0.3) is 5.56 Å². The number of hydrogen-bond acceptors (Lipinski definition) is 2. The van der Waals surface area contributed by atoms with Crippen LogP contribution < -0.4 is 10.5 Å². The number of para-hydroxylation sites is 1. The SMILES string of the molecule is CCN(C(=O)Cn1cc(Cl)ccc1=O)c1ccccc1. The Bertz CT molecular complexity index is 652. The molecule has 0 aliphatic carbocycles. The number of nitrogens with zero attached hydrogens (tertiary/aromatic N) is 2. The minimum absolute atomic E-state index is 0.0257. The van der Waals surface area contributed by atoms with Gasteiger partial charge in [-0.05, 0) is 25.1 Å². The molecule has 1 aromatic carbocycles. The highest BCUT2D eigenvalue weighted by molar-refractivity contribution is 6.30. The van der Waals surface area contributed by atoms with Crippen LogP contribution in [0.5, 0.6) is 0 Å². The van der Waals surface area contributed by atoms with Crippen molar-refractivity contribution in [2.45, 2.75) is 13.5 Å². The first-order chi connectivity index (χ1) is 9.61. The molecular formula is C15H15ClN2O2. The zero-order valence-electron chi connectivity index (χ0n) is 11.1. The van der Waals surface area contributed by atoms with Crippen LogP contribution in [0.15, 0.2) is 53.5 Å². The van der Waals surface area contributed by atoms with Crippen molar-refractivity contribution >= 4 is 23.2 Å². The van der Waals surface area contributed by atoms with Crippen LogP contribution in [0, 0.1) is 0 Å². The van der Waals surface area contributed by atoms with Crippen molar-refractivity contribution in [2.75, 3.05) is 11.4 Å². The van der Waals surface area contributed by atoms with E-state index in [0.29, 0.717) is 11.6 Å². The fourth-order valence-electron chi connectivity index (χ4n) is 1.97. The van der Waals surface area contributed by atoms with Gasteiger partial charge in [-0.2, -0.15) is 0 Å². The standard InChI is InChI=1S/C15H15ClN2O2/c1-2-18(13-6-4-3-5-7-13)15(20)11-17-10-12(16)8-9-14(17)19/h3-10H,2,11H2,1H3. The highest BCUT2D eigenvalue weighted by Gasteiger charge is 2.14. The normalized spacial score (nSPS) is 10.3. The quantitative estimate of drug-likeness (QED) is 0.868. The van der Waals surface area contributed by atoms with Crippen LogP contribution in [-0.2, 0) is 11.3 Å². The second-order valence-corrected chi connectivity index (χ2v) is 4.72. The van der Waals surface area contributed by atoms with Crippen LogP contribution in [-0.4, -0.2) is 17.0 Å². The molecule has 0 saturated heterocycles. The summed E-state index contributed by atoms with van der Waals surface area (Å²) < 4.78 is 1.32. The van der Waals surface area contributed by atoms with Gasteiger partial charge in [0.1, 0.15) is 6.54 Å². The number of carbonyl (C=O) groups is 1. The molecular weight excluding hydrogens is 276 g/mol. The number of likely N-dealkylation sites (N-methyl/N-ethyl adjacent to an activating group) is 1. The topological polar surface area (TPSA) is 42.3 Å². The van der Waals surface area contributed by atoms with Gasteiger partial charge in [-0.3, -0.25) is 9.59 Å². The largest absolute Gasteiger partial charge is 0.311 e. The van der Waals surface area contributed by atoms with Gasteiger partial charge in [-0.1, -0.05) is 29.8 Å². The van der Waals surface area contributed by atoms with Gasteiger partial charge in [-0.15, -0.1) is 0 Å². The van der Waals surface area contributed by atoms with E-state index in [-0.39, 0.29) is 18.0 Å². The summed E-state index contributed by atoms with van der Waals surface area (Å²) in [5.41, 5.74) is 0.571. The zero-order chi connectivity index (χ0) is 14.5. The summed E-state index contributed by atoms with van der Waals surface area (Å²) >= 11 is 5.85. The predicted molar refractivity (Wildman–Crippen MR) is 80.2 cm³/mol. The molecule has 2 rings (SSSR count). The Morgan fingerprint density at radius 2 is 1.90 bits per heavy atom. The molecule has 0 fully saturated rings. The third-order valence-corrected chi connectivity index (χ3v) is 3.16. The van der Waals surface area contributed by atoms with Crippen molar-refractivity contribution in [3.05, 3.63) is 64.0 Å². The van der Waals surface area contributed by atoms with Gasteiger partial charge in [0.15, 0.2) is 0 Å². The Balaban J connectivity index is 2.22. The number of pyridine rings is 1. The Labute approximate surface area is 122 Å². The van der Waals surface area contributed by atoms with Crippen molar-refractivity contribution in [3.8, 4) is 0 Å². The average molecular weight is 291 g/mol. The first-order valence-corrected chi connectivity index (χ1v) is 6.71. The smallest absolute Gasteiger partial charge is 0.251 e. The van der Waals surface area contributed by atoms with Gasteiger partial charge >= 0.3 is 0 Å². The van der Waals surface area contributed by atoms with Crippen LogP contribution in [0.25, 0.3) is 0 Å². The summed E-state index contributed by atoms with van der Waals surface area (Å²) in [4.78, 5) is 25.7. The summed E-state index contributed by atoms with van der Waals surface area (Å²) in [6, 6.07) is 12.2. The number of aromatic nitrogens is 1. The molecule has 20 heavy (non-hydrogen) atoms. The van der Waals surface area contributed by atoms with Crippen LogP contribution >= 0.6 is 11.6 Å². The molecule has 0 aliphatic rings. The van der Waals surface area contributed by atoms with Crippen LogP contribution in [0.4, 0.5) is 5.69 Å². The monoisotopic (exact) mass is 290 g/mol. The molecule has 0 aliphatic heterocycles. The number of benzene rings is 1. The third kappa shape index (κ3) is 3.27. The average Bonchev–Trinajstić information content (AvgIpc) is 2.45. The highest BCUT2D eigenvalue weighted by Crippen LogP contribution is 2.13. The van der Waals surface area contributed by atoms with Crippen LogP contribution in [0.1, 0.15) is 6.92 Å². The van der Waals surface area contributed by atoms with Gasteiger partial charge in [0, 0.05) is 24.5 Å². The summed E-state index contributed by atoms with van der Waals surface area (Å²) in [6.45, 7) is 2.41. The number of hydrogen-bond donors (Lipinski definition) is 0. The van der Waals surface area contributed by atoms with Crippen molar-refractivity contribution in [1.29, 1.82) is 0 Å². The number of amides is 1. The summed E-state index contributed by atoms with van der Waals surface area (Å²) in [7, 11) is 0. The molecule has 4 nitrogen and oxygen atoms in total. The Morgan fingerprint density at radius 3 is 2.55 bits per heavy atom. The number of anilines is 1. The van der Waals surface area contributed by atoms with Crippen molar-refractivity contribution in [1.82, 2.24) is 4.57 Å². The molecule has 0 atom stereocenters. The van der Waals surface area contributed by atoms with E-state index in [4.69, 9.17) is 11.6 Å². The minimum Gasteiger partial charge on any atom is -0.311 e. The lowest BCUT2D eigenvalue weighted by molar-refractivity contribution is -0.119. The van der Waals surface area contributed by atoms with E-state index < -0.39 is 0 Å². The number of halogens is 1. The molecule has 1 amide bonds. The maximum absolute atomic E-state index is 12.3. The van der Waals surface area contributed by atoms with E-state index >= 15 is 0 Å². The van der Waals surface area contributed by atoms with E-state index in [1.165, 1.54) is 22.9 Å². The van der Waals surface area contributed by atoms with E-state index in [1.807, 2.05) is 37.3 Å². The van der Waals surface area contributed by atoms with Gasteiger partial charge < -0.3 is 9.47 Å². The van der Waals surface area contributed by atoms with Crippen molar-refractivity contribution < 1.29 is 4.79 Å². The van der Waals surface area contributed by atoms with E-state index in [2.05, 4.69) is 0 Å². The molecule has 0 radical (unpaired) electrons. The first kappa shape index (κ1) is 14.3. The lowest BCUT2D eigenvalue weighted by Crippen LogP contribution is -2.36. The second kappa shape index (κ2) is 6.39. The van der Waals surface area contributed by atoms with Gasteiger partial charge in [0.05, 0.1) is 5.02 Å². The van der Waals surface area contributed by atoms with E-state index in [9.17, 15) is 9.59 Å². The summed E-state index contributed by atoms with van der Waals surface area (Å²) in [5.74, 6) is -0.150. The lowest BCUT2D eigenvalue weighted by Gasteiger charge is -2.21. The second-order valence-electron chi connectivity index (χ2n) is 4.29. The van der Waals surface area contributed by atoms with Crippen LogP contribution in [0.3, 0.4) is 0 Å². The fourth-order valence-corrected chi connectivity index (χ4v) is 2.15. The molecule has 0 unspecified atom stereocenters. The van der Waals surface area contributed by atoms with E-state index in [1.54, 1.807) is 4.90 Å². The number of rotatable bonds is 4. The minimum atomic E-state index is -0.244. The molecule has 104 valence electrons. The Hall–Kier alpha value is -2.07. The molecule has 2 aromatic rings. The summed E-state index contributed by atoms with van der Waals surface area (Å²) in [5, 5.41) is 0.431. The van der Waals surface area contributed by atoms with Gasteiger partial charge in [0.2, 0.25) is 5.91 Å². The van der Waals surface area contributed by atoms with E-state index in [0.717, 1.165) is 5.69 Å². The zero-order valence-corrected chi connectivity index (χ0v) is 11.9. The molecule has 0 N–H and O–H groups in total. The Kier molecular flexibility index (Phi) is 4.58. The maximum atomic E-state index is 12.3.